The molecule has 0 atom stereocenters. The summed E-state index contributed by atoms with van der Waals surface area (Å²) in [5.74, 6) is 0. The molecule has 1 saturated carbocycles. The molecule has 0 amide bonds. The summed E-state index contributed by atoms with van der Waals surface area (Å²) < 4.78 is 1.81. The Kier molecular flexibility index (Phi) is 5.01. The fourth-order valence-electron chi connectivity index (χ4n) is 3.47. The average Bonchev–Trinajstić information content (AvgIpc) is 3.00. The number of hydrogen-bond acceptors (Lipinski definition) is 4. The van der Waals surface area contributed by atoms with Gasteiger partial charge in [0.2, 0.25) is 0 Å². The van der Waals surface area contributed by atoms with Crippen molar-refractivity contribution < 1.29 is 5.11 Å². The van der Waals surface area contributed by atoms with Gasteiger partial charge in [0.25, 0.3) is 0 Å². The van der Waals surface area contributed by atoms with Crippen LogP contribution in [0.1, 0.15) is 56.2 Å². The Morgan fingerprint density at radius 2 is 1.95 bits per heavy atom. The molecular weight excluding hydrogens is 284 g/mol. The molecule has 0 bridgehead atoms. The third kappa shape index (κ3) is 3.34. The monoisotopic (exact) mass is 308 g/mol. The normalized spacial score (nSPS) is 18.9. The number of aromatic nitrogens is 2. The van der Waals surface area contributed by atoms with E-state index in [0.717, 1.165) is 24.3 Å². The summed E-state index contributed by atoms with van der Waals surface area (Å²) in [7, 11) is 0. The summed E-state index contributed by atoms with van der Waals surface area (Å²) in [6, 6.07) is 0. The Hall–Kier alpha value is -0.810. The lowest BCUT2D eigenvalue weighted by atomic mass is 9.97. The predicted molar refractivity (Wildman–Crippen MR) is 85.0 cm³/mol. The number of aliphatic hydroxyl groups excluding tert-OH is 1. The van der Waals surface area contributed by atoms with Gasteiger partial charge in [0.1, 0.15) is 5.03 Å². The van der Waals surface area contributed by atoms with E-state index in [9.17, 15) is 4.79 Å². The second-order valence-corrected chi connectivity index (χ2v) is 7.37. The molecule has 2 aliphatic carbocycles. The molecule has 0 aromatic carbocycles. The highest BCUT2D eigenvalue weighted by Crippen LogP contribution is 2.37. The lowest BCUT2D eigenvalue weighted by molar-refractivity contribution is 0.277. The molecule has 1 aromatic rings. The third-order valence-electron chi connectivity index (χ3n) is 4.57. The van der Waals surface area contributed by atoms with E-state index in [4.69, 9.17) is 5.11 Å². The smallest absolute Gasteiger partial charge is 0.348 e. The lowest BCUT2D eigenvalue weighted by Crippen LogP contribution is -2.30. The average molecular weight is 308 g/mol. The van der Waals surface area contributed by atoms with Crippen LogP contribution < -0.4 is 5.69 Å². The van der Waals surface area contributed by atoms with Crippen molar-refractivity contribution in [2.45, 2.75) is 74.6 Å². The minimum Gasteiger partial charge on any atom is -0.396 e. The lowest BCUT2D eigenvalue weighted by Gasteiger charge is -2.23. The largest absolute Gasteiger partial charge is 0.396 e. The van der Waals surface area contributed by atoms with E-state index in [1.54, 1.807) is 0 Å². The van der Waals surface area contributed by atoms with Crippen molar-refractivity contribution in [1.29, 1.82) is 0 Å². The van der Waals surface area contributed by atoms with Gasteiger partial charge in [0, 0.05) is 29.7 Å². The molecule has 0 aliphatic heterocycles. The molecule has 1 heterocycles. The van der Waals surface area contributed by atoms with E-state index in [-0.39, 0.29) is 12.3 Å². The van der Waals surface area contributed by atoms with Crippen LogP contribution in [0.2, 0.25) is 0 Å². The van der Waals surface area contributed by atoms with Gasteiger partial charge < -0.3 is 5.11 Å². The maximum absolute atomic E-state index is 12.3. The maximum atomic E-state index is 12.3. The number of hydrogen-bond donors (Lipinski definition) is 1. The van der Waals surface area contributed by atoms with Crippen LogP contribution >= 0.6 is 11.8 Å². The number of aliphatic hydroxyl groups is 1. The standard InChI is InChI=1S/C16H24N2O2S/c19-11-5-10-18-14-9-4-3-8-13(14)15(17-16(18)20)21-12-6-1-2-7-12/h12,19H,1-11H2. The van der Waals surface area contributed by atoms with Crippen LogP contribution in [0.15, 0.2) is 9.82 Å². The highest BCUT2D eigenvalue weighted by Gasteiger charge is 2.24. The first-order chi connectivity index (χ1) is 10.3. The second-order valence-electron chi connectivity index (χ2n) is 6.08. The highest BCUT2D eigenvalue weighted by molar-refractivity contribution is 7.99. The molecule has 3 rings (SSSR count). The molecule has 0 radical (unpaired) electrons. The minimum absolute atomic E-state index is 0.121. The van der Waals surface area contributed by atoms with Crippen molar-refractivity contribution in [3.8, 4) is 0 Å². The Morgan fingerprint density at radius 1 is 1.19 bits per heavy atom. The summed E-state index contributed by atoms with van der Waals surface area (Å²) in [5.41, 5.74) is 2.38. The van der Waals surface area contributed by atoms with E-state index >= 15 is 0 Å². The first-order valence-corrected chi connectivity index (χ1v) is 9.07. The fraction of sp³-hybridized carbons (Fsp3) is 0.750. The molecule has 116 valence electrons. The molecule has 1 fully saturated rings. The number of rotatable bonds is 5. The van der Waals surface area contributed by atoms with E-state index < -0.39 is 0 Å². The van der Waals surface area contributed by atoms with Crippen LogP contribution in [0, 0.1) is 0 Å². The van der Waals surface area contributed by atoms with Gasteiger partial charge in [-0.3, -0.25) is 4.57 Å². The molecule has 0 spiro atoms. The van der Waals surface area contributed by atoms with Gasteiger partial charge in [-0.15, -0.1) is 11.8 Å². The highest BCUT2D eigenvalue weighted by atomic mass is 32.2. The van der Waals surface area contributed by atoms with Crippen LogP contribution in [0.4, 0.5) is 0 Å². The van der Waals surface area contributed by atoms with Gasteiger partial charge in [-0.1, -0.05) is 12.8 Å². The zero-order chi connectivity index (χ0) is 14.7. The van der Waals surface area contributed by atoms with Crippen molar-refractivity contribution in [3.05, 3.63) is 21.7 Å². The van der Waals surface area contributed by atoms with Gasteiger partial charge in [-0.2, -0.15) is 4.98 Å². The molecule has 0 saturated heterocycles. The number of fused-ring (bicyclic) bond motifs is 1. The number of thioether (sulfide) groups is 1. The van der Waals surface area contributed by atoms with Gasteiger partial charge in [-0.25, -0.2) is 4.79 Å². The summed E-state index contributed by atoms with van der Waals surface area (Å²) in [6.07, 6.45) is 10.2. The van der Waals surface area contributed by atoms with Crippen molar-refractivity contribution in [1.82, 2.24) is 9.55 Å². The maximum Gasteiger partial charge on any atom is 0.348 e. The molecule has 21 heavy (non-hydrogen) atoms. The van der Waals surface area contributed by atoms with Crippen molar-refractivity contribution in [3.63, 3.8) is 0 Å². The fourth-order valence-corrected chi connectivity index (χ4v) is 4.85. The van der Waals surface area contributed by atoms with E-state index in [1.807, 2.05) is 16.3 Å². The van der Waals surface area contributed by atoms with Crippen LogP contribution in [-0.2, 0) is 19.4 Å². The second kappa shape index (κ2) is 6.97. The SMILES string of the molecule is O=c1nc(SC2CCCC2)c2c(n1CCCO)CCCC2. The molecule has 1 N–H and O–H groups in total. The topological polar surface area (TPSA) is 55.1 Å². The first-order valence-electron chi connectivity index (χ1n) is 8.19. The van der Waals surface area contributed by atoms with Crippen LogP contribution in [-0.4, -0.2) is 26.5 Å². The zero-order valence-electron chi connectivity index (χ0n) is 12.5. The predicted octanol–water partition coefficient (Wildman–Crippen LogP) is 2.54. The van der Waals surface area contributed by atoms with Crippen LogP contribution in [0.3, 0.4) is 0 Å². The molecule has 4 nitrogen and oxygen atoms in total. The van der Waals surface area contributed by atoms with Crippen molar-refractivity contribution in [2.24, 2.45) is 0 Å². The minimum atomic E-state index is -0.121. The molecule has 5 heteroatoms. The van der Waals surface area contributed by atoms with E-state index in [2.05, 4.69) is 4.98 Å². The Balaban J connectivity index is 1.93. The zero-order valence-corrected chi connectivity index (χ0v) is 13.3. The van der Waals surface area contributed by atoms with Crippen molar-refractivity contribution in [2.75, 3.05) is 6.61 Å². The first kappa shape index (κ1) is 15.1. The Bertz CT molecular complexity index is 550. The van der Waals surface area contributed by atoms with Crippen LogP contribution in [0.5, 0.6) is 0 Å². The van der Waals surface area contributed by atoms with Gasteiger partial charge in [0.05, 0.1) is 0 Å². The van der Waals surface area contributed by atoms with Gasteiger partial charge in [0.15, 0.2) is 0 Å². The van der Waals surface area contributed by atoms with Crippen molar-refractivity contribution >= 4 is 11.8 Å². The Morgan fingerprint density at radius 3 is 2.71 bits per heavy atom. The summed E-state index contributed by atoms with van der Waals surface area (Å²) in [4.78, 5) is 16.7. The Labute approximate surface area is 130 Å². The van der Waals surface area contributed by atoms with Gasteiger partial charge in [-0.05, 0) is 44.9 Å². The summed E-state index contributed by atoms with van der Waals surface area (Å²) in [6.45, 7) is 0.721. The van der Waals surface area contributed by atoms with E-state index in [0.29, 0.717) is 18.2 Å². The molecular formula is C16H24N2O2S. The quantitative estimate of drug-likeness (QED) is 0.849. The van der Waals surface area contributed by atoms with Crippen LogP contribution in [0.25, 0.3) is 0 Å². The van der Waals surface area contributed by atoms with Gasteiger partial charge >= 0.3 is 5.69 Å². The van der Waals surface area contributed by atoms with E-state index in [1.165, 1.54) is 43.4 Å². The summed E-state index contributed by atoms with van der Waals surface area (Å²) >= 11 is 1.84. The summed E-state index contributed by atoms with van der Waals surface area (Å²) in [5, 5.41) is 10.7. The third-order valence-corrected chi connectivity index (χ3v) is 5.94. The molecule has 2 aliphatic rings. The molecule has 1 aromatic heterocycles. The number of nitrogens with zero attached hydrogens (tertiary/aromatic N) is 2. The molecule has 0 unspecified atom stereocenters.